The van der Waals surface area contributed by atoms with Gasteiger partial charge in [-0.25, -0.2) is 4.39 Å². The van der Waals surface area contributed by atoms with Gasteiger partial charge in [-0.05, 0) is 60.0 Å². The normalized spacial score (nSPS) is 15.7. The highest BCUT2D eigenvalue weighted by Gasteiger charge is 2.40. The number of benzene rings is 3. The molecule has 0 spiro atoms. The number of fused-ring (bicyclic) bond motifs is 1. The van der Waals surface area contributed by atoms with Crippen LogP contribution in [0.1, 0.15) is 44.2 Å². The highest BCUT2D eigenvalue weighted by atomic mass is 35.5. The molecule has 4 rings (SSSR count). The molecule has 12 heteroatoms. The zero-order valence-corrected chi connectivity index (χ0v) is 20.6. The fourth-order valence-electron chi connectivity index (χ4n) is 4.49. The molecule has 4 nitrogen and oxygen atoms in total. The van der Waals surface area contributed by atoms with E-state index in [1.54, 1.807) is 6.07 Å². The maximum Gasteiger partial charge on any atom is 0.416 e. The largest absolute Gasteiger partial charge is 0.493 e. The molecule has 0 aromatic heterocycles. The van der Waals surface area contributed by atoms with Crippen LogP contribution in [0.25, 0.3) is 0 Å². The Balaban J connectivity index is 1.94. The van der Waals surface area contributed by atoms with E-state index in [4.69, 9.17) is 21.1 Å². The Morgan fingerprint density at radius 1 is 0.921 bits per heavy atom. The van der Waals surface area contributed by atoms with Crippen LogP contribution in [0.3, 0.4) is 0 Å². The molecule has 1 aliphatic rings. The second-order valence-corrected chi connectivity index (χ2v) is 8.89. The first-order chi connectivity index (χ1) is 17.8. The lowest BCUT2D eigenvalue weighted by Crippen LogP contribution is -2.41. The molecule has 0 aliphatic carbocycles. The molecule has 3 aromatic carbocycles. The SMILES string of the molecule is COc1cc2c(cc1OC)C(c1c(F)cccc1Cl)N(C(=O)c1cc(C(F)(F)F)cc(C(F)(F)F)c1)CC2. The van der Waals surface area contributed by atoms with Gasteiger partial charge in [0.25, 0.3) is 5.91 Å². The Labute approximate surface area is 217 Å². The molecule has 1 unspecified atom stereocenters. The van der Waals surface area contributed by atoms with Gasteiger partial charge in [-0.15, -0.1) is 0 Å². The molecular weight excluding hydrogens is 543 g/mol. The Bertz CT molecular complexity index is 1340. The molecule has 1 aliphatic heterocycles. The van der Waals surface area contributed by atoms with E-state index in [9.17, 15) is 31.1 Å². The second kappa shape index (κ2) is 10.0. The standard InChI is InChI=1S/C26H19ClF7NO3/c1-37-20-10-13-6-7-35(23(17(13)12-21(20)38-2)22-18(27)4-3-5-19(22)28)24(36)14-8-15(25(29,30)31)11-16(9-14)26(32,33)34/h3-5,8-12,23H,6-7H2,1-2H3. The quantitative estimate of drug-likeness (QED) is 0.313. The maximum atomic E-state index is 15.2. The van der Waals surface area contributed by atoms with E-state index in [2.05, 4.69) is 0 Å². The highest BCUT2D eigenvalue weighted by Crippen LogP contribution is 2.45. The molecule has 1 amide bonds. The van der Waals surface area contributed by atoms with Gasteiger partial charge in [-0.2, -0.15) is 26.3 Å². The summed E-state index contributed by atoms with van der Waals surface area (Å²) in [7, 11) is 2.75. The molecular formula is C26H19ClF7NO3. The zero-order chi connectivity index (χ0) is 28.0. The number of ether oxygens (including phenoxy) is 2. The first-order valence-corrected chi connectivity index (χ1v) is 11.4. The van der Waals surface area contributed by atoms with Crippen molar-refractivity contribution in [2.45, 2.75) is 24.8 Å². The molecule has 0 saturated heterocycles. The molecule has 0 fully saturated rings. The second-order valence-electron chi connectivity index (χ2n) is 8.49. The summed E-state index contributed by atoms with van der Waals surface area (Å²) in [5, 5.41) is -0.0875. The van der Waals surface area contributed by atoms with Crippen LogP contribution in [-0.2, 0) is 18.8 Å². The Morgan fingerprint density at radius 3 is 2.03 bits per heavy atom. The van der Waals surface area contributed by atoms with Crippen LogP contribution in [0.15, 0.2) is 48.5 Å². The van der Waals surface area contributed by atoms with Crippen molar-refractivity contribution in [3.05, 3.63) is 92.8 Å². The third-order valence-corrected chi connectivity index (χ3v) is 6.57. The molecule has 0 bridgehead atoms. The fourth-order valence-corrected chi connectivity index (χ4v) is 4.76. The molecule has 0 radical (unpaired) electrons. The zero-order valence-electron chi connectivity index (χ0n) is 19.8. The van der Waals surface area contributed by atoms with Gasteiger partial charge in [0.05, 0.1) is 31.4 Å². The third-order valence-electron chi connectivity index (χ3n) is 6.24. The summed E-state index contributed by atoms with van der Waals surface area (Å²) in [6.07, 6.45) is -10.2. The van der Waals surface area contributed by atoms with Crippen molar-refractivity contribution in [2.24, 2.45) is 0 Å². The first-order valence-electron chi connectivity index (χ1n) is 11.1. The van der Waals surface area contributed by atoms with Crippen molar-refractivity contribution in [3.63, 3.8) is 0 Å². The smallest absolute Gasteiger partial charge is 0.416 e. The number of carbonyl (C=O) groups is 1. The summed E-state index contributed by atoms with van der Waals surface area (Å²) in [5.74, 6) is -1.41. The summed E-state index contributed by atoms with van der Waals surface area (Å²) in [4.78, 5) is 14.6. The van der Waals surface area contributed by atoms with Crippen molar-refractivity contribution < 1.29 is 45.0 Å². The van der Waals surface area contributed by atoms with Crippen molar-refractivity contribution in [2.75, 3.05) is 20.8 Å². The third kappa shape index (κ3) is 5.11. The van der Waals surface area contributed by atoms with Gasteiger partial charge in [0.15, 0.2) is 11.5 Å². The molecule has 1 atom stereocenters. The van der Waals surface area contributed by atoms with E-state index < -0.39 is 46.8 Å². The molecule has 3 aromatic rings. The highest BCUT2D eigenvalue weighted by molar-refractivity contribution is 6.31. The summed E-state index contributed by atoms with van der Waals surface area (Å²) >= 11 is 6.32. The fraction of sp³-hybridized carbons (Fsp3) is 0.269. The van der Waals surface area contributed by atoms with E-state index in [0.717, 1.165) is 11.0 Å². The van der Waals surface area contributed by atoms with Crippen LogP contribution in [-0.4, -0.2) is 31.6 Å². The topological polar surface area (TPSA) is 38.8 Å². The molecule has 0 saturated carbocycles. The molecule has 0 N–H and O–H groups in total. The van der Waals surface area contributed by atoms with Crippen molar-refractivity contribution in [1.82, 2.24) is 4.90 Å². The minimum atomic E-state index is -5.15. The minimum Gasteiger partial charge on any atom is -0.493 e. The summed E-state index contributed by atoms with van der Waals surface area (Å²) in [5.41, 5.74) is -3.36. The average Bonchev–Trinajstić information content (AvgIpc) is 2.86. The maximum absolute atomic E-state index is 15.2. The van der Waals surface area contributed by atoms with Crippen LogP contribution < -0.4 is 9.47 Å². The van der Waals surface area contributed by atoms with Gasteiger partial charge in [-0.1, -0.05) is 17.7 Å². The van der Waals surface area contributed by atoms with Crippen LogP contribution in [0.5, 0.6) is 11.5 Å². The number of alkyl halides is 6. The first kappa shape index (κ1) is 27.6. The van der Waals surface area contributed by atoms with E-state index in [1.807, 2.05) is 0 Å². The van der Waals surface area contributed by atoms with Gasteiger partial charge >= 0.3 is 12.4 Å². The number of halogens is 8. The Morgan fingerprint density at radius 2 is 1.50 bits per heavy atom. The lowest BCUT2D eigenvalue weighted by Gasteiger charge is -2.38. The predicted molar refractivity (Wildman–Crippen MR) is 124 cm³/mol. The van der Waals surface area contributed by atoms with Gasteiger partial charge < -0.3 is 14.4 Å². The van der Waals surface area contributed by atoms with Crippen LogP contribution in [0.4, 0.5) is 30.7 Å². The van der Waals surface area contributed by atoms with Gasteiger partial charge in [-0.3, -0.25) is 4.79 Å². The van der Waals surface area contributed by atoms with Gasteiger partial charge in [0.1, 0.15) is 5.82 Å². The van der Waals surface area contributed by atoms with E-state index >= 15 is 4.39 Å². The number of methoxy groups -OCH3 is 2. The van der Waals surface area contributed by atoms with Crippen LogP contribution in [0.2, 0.25) is 5.02 Å². The number of rotatable bonds is 4. The van der Waals surface area contributed by atoms with E-state index in [1.165, 1.54) is 32.4 Å². The van der Waals surface area contributed by atoms with Crippen LogP contribution >= 0.6 is 11.6 Å². The van der Waals surface area contributed by atoms with E-state index in [0.29, 0.717) is 29.0 Å². The van der Waals surface area contributed by atoms with Crippen molar-refractivity contribution in [1.29, 1.82) is 0 Å². The Kier molecular flexibility index (Phi) is 7.26. The monoisotopic (exact) mass is 561 g/mol. The molecule has 1 heterocycles. The van der Waals surface area contributed by atoms with Crippen LogP contribution in [0, 0.1) is 5.82 Å². The number of carbonyl (C=O) groups excluding carboxylic acids is 1. The van der Waals surface area contributed by atoms with Gasteiger partial charge in [0.2, 0.25) is 0 Å². The van der Waals surface area contributed by atoms with Crippen molar-refractivity contribution >= 4 is 17.5 Å². The van der Waals surface area contributed by atoms with Crippen molar-refractivity contribution in [3.8, 4) is 11.5 Å². The lowest BCUT2D eigenvalue weighted by molar-refractivity contribution is -0.143. The van der Waals surface area contributed by atoms with E-state index in [-0.39, 0.29) is 35.4 Å². The number of hydrogen-bond acceptors (Lipinski definition) is 3. The average molecular weight is 562 g/mol. The summed E-state index contributed by atoms with van der Waals surface area (Å²) in [6.45, 7) is -0.158. The minimum absolute atomic E-state index is 0.0648. The summed E-state index contributed by atoms with van der Waals surface area (Å²) in [6, 6.07) is 6.22. The summed E-state index contributed by atoms with van der Waals surface area (Å²) < 4.78 is 107. The number of hydrogen-bond donors (Lipinski definition) is 0. The van der Waals surface area contributed by atoms with Gasteiger partial charge in [0, 0.05) is 22.7 Å². The molecule has 202 valence electrons. The number of amides is 1. The predicted octanol–water partition coefficient (Wildman–Crippen LogP) is 7.32. The Hall–Kier alpha value is -3.47. The molecule has 38 heavy (non-hydrogen) atoms. The number of nitrogens with zero attached hydrogens (tertiary/aromatic N) is 1. The lowest BCUT2D eigenvalue weighted by atomic mass is 9.86.